The van der Waals surface area contributed by atoms with Gasteiger partial charge in [0.15, 0.2) is 5.65 Å². The number of hydrogen-bond donors (Lipinski definition) is 0. The molecule has 0 unspecified atom stereocenters. The van der Waals surface area contributed by atoms with Gasteiger partial charge >= 0.3 is 5.69 Å². The van der Waals surface area contributed by atoms with Crippen molar-refractivity contribution in [3.05, 3.63) is 60.5 Å². The van der Waals surface area contributed by atoms with Gasteiger partial charge in [0.1, 0.15) is 16.2 Å². The summed E-state index contributed by atoms with van der Waals surface area (Å²) < 4.78 is 2.41. The van der Waals surface area contributed by atoms with Gasteiger partial charge in [-0.2, -0.15) is 0 Å². The van der Waals surface area contributed by atoms with Crippen LogP contribution in [0.2, 0.25) is 10.0 Å². The Morgan fingerprint density at radius 1 is 1.12 bits per heavy atom. The molecule has 6 nitrogen and oxygen atoms in total. The molecule has 1 aromatic carbocycles. The highest BCUT2D eigenvalue weighted by molar-refractivity contribution is 7.98. The van der Waals surface area contributed by atoms with Crippen LogP contribution >= 0.6 is 35.0 Å². The molecular formula is C16H14Cl2N4O2S. The number of aryl methyl sites for hydroxylation is 2. The molecule has 0 N–H and O–H groups in total. The molecular weight excluding hydrogens is 383 g/mol. The second kappa shape index (κ2) is 6.82. The Bertz CT molecular complexity index is 1110. The molecule has 0 saturated heterocycles. The van der Waals surface area contributed by atoms with Crippen LogP contribution in [-0.4, -0.2) is 19.1 Å². The van der Waals surface area contributed by atoms with Gasteiger partial charge < -0.3 is 0 Å². The number of rotatable bonds is 3. The van der Waals surface area contributed by atoms with Crippen molar-refractivity contribution in [3.8, 4) is 0 Å². The maximum absolute atomic E-state index is 12.6. The van der Waals surface area contributed by atoms with Gasteiger partial charge in [0.2, 0.25) is 0 Å². The predicted molar refractivity (Wildman–Crippen MR) is 101 cm³/mol. The first-order valence-corrected chi connectivity index (χ1v) is 9.05. The maximum atomic E-state index is 12.6. The van der Waals surface area contributed by atoms with Crippen molar-refractivity contribution in [2.24, 2.45) is 14.1 Å². The quantitative estimate of drug-likeness (QED) is 0.502. The lowest BCUT2D eigenvalue weighted by Gasteiger charge is -2.11. The molecule has 2 heterocycles. The van der Waals surface area contributed by atoms with Crippen molar-refractivity contribution in [3.63, 3.8) is 0 Å². The number of thioether (sulfide) groups is 1. The second-order valence-corrected chi connectivity index (χ2v) is 7.31. The van der Waals surface area contributed by atoms with Gasteiger partial charge in [0, 0.05) is 29.9 Å². The largest absolute Gasteiger partial charge is 0.332 e. The number of aromatic nitrogens is 4. The van der Waals surface area contributed by atoms with Crippen molar-refractivity contribution in [2.45, 2.75) is 17.7 Å². The van der Waals surface area contributed by atoms with Crippen LogP contribution in [0.1, 0.15) is 11.4 Å². The van der Waals surface area contributed by atoms with Crippen molar-refractivity contribution in [1.29, 1.82) is 0 Å². The number of hydrogen-bond acceptors (Lipinski definition) is 5. The Balaban J connectivity index is 2.13. The van der Waals surface area contributed by atoms with Crippen LogP contribution in [-0.2, 0) is 19.8 Å². The molecule has 0 fully saturated rings. The summed E-state index contributed by atoms with van der Waals surface area (Å²) in [6, 6.07) is 5.27. The SMILES string of the molecule is Cc1nc(SCc2ccc(Cl)cc2Cl)c2c(=O)n(C)c(=O)n(C)c2n1. The van der Waals surface area contributed by atoms with Gasteiger partial charge in [-0.1, -0.05) is 29.3 Å². The van der Waals surface area contributed by atoms with Crippen LogP contribution in [0.25, 0.3) is 11.0 Å². The number of halogens is 2. The molecule has 9 heteroatoms. The standard InChI is InChI=1S/C16H14Cl2N4O2S/c1-8-19-13-12(15(23)22(3)16(24)21(13)2)14(20-8)25-7-9-4-5-10(17)6-11(9)18/h4-6H,7H2,1-3H3. The average Bonchev–Trinajstić information content (AvgIpc) is 2.56. The topological polar surface area (TPSA) is 69.8 Å². The van der Waals surface area contributed by atoms with Crippen LogP contribution in [0.15, 0.2) is 32.8 Å². The smallest absolute Gasteiger partial charge is 0.280 e. The minimum absolute atomic E-state index is 0.324. The van der Waals surface area contributed by atoms with Crippen molar-refractivity contribution < 1.29 is 0 Å². The minimum Gasteiger partial charge on any atom is -0.280 e. The Hall–Kier alpha value is -1.83. The summed E-state index contributed by atoms with van der Waals surface area (Å²) in [6.07, 6.45) is 0. The highest BCUT2D eigenvalue weighted by Gasteiger charge is 2.16. The number of benzene rings is 1. The van der Waals surface area contributed by atoms with Crippen molar-refractivity contribution in [2.75, 3.05) is 0 Å². The molecule has 2 aromatic heterocycles. The third-order valence-corrected chi connectivity index (χ3v) is 5.37. The van der Waals surface area contributed by atoms with E-state index >= 15 is 0 Å². The molecule has 3 aromatic rings. The zero-order valence-electron chi connectivity index (χ0n) is 13.7. The van der Waals surface area contributed by atoms with Crippen LogP contribution in [0.3, 0.4) is 0 Å². The van der Waals surface area contributed by atoms with Crippen LogP contribution in [0.4, 0.5) is 0 Å². The van der Waals surface area contributed by atoms with E-state index in [1.54, 1.807) is 26.1 Å². The highest BCUT2D eigenvalue weighted by atomic mass is 35.5. The molecule has 0 bridgehead atoms. The molecule has 0 radical (unpaired) electrons. The third-order valence-electron chi connectivity index (χ3n) is 3.76. The summed E-state index contributed by atoms with van der Waals surface area (Å²) in [7, 11) is 3.02. The molecule has 0 aliphatic heterocycles. The highest BCUT2D eigenvalue weighted by Crippen LogP contribution is 2.29. The summed E-state index contributed by atoms with van der Waals surface area (Å²) >= 11 is 13.5. The Kier molecular flexibility index (Phi) is 4.90. The predicted octanol–water partition coefficient (Wildman–Crippen LogP) is 2.93. The summed E-state index contributed by atoms with van der Waals surface area (Å²) in [6.45, 7) is 1.72. The lowest BCUT2D eigenvalue weighted by Crippen LogP contribution is -2.37. The summed E-state index contributed by atoms with van der Waals surface area (Å²) in [5.74, 6) is 0.994. The number of fused-ring (bicyclic) bond motifs is 1. The second-order valence-electron chi connectivity index (χ2n) is 5.50. The monoisotopic (exact) mass is 396 g/mol. The molecule has 0 amide bonds. The molecule has 3 rings (SSSR count). The first-order valence-electron chi connectivity index (χ1n) is 7.30. The van der Waals surface area contributed by atoms with E-state index in [0.717, 1.165) is 10.1 Å². The van der Waals surface area contributed by atoms with Gasteiger partial charge in [0.25, 0.3) is 5.56 Å². The van der Waals surface area contributed by atoms with E-state index in [1.807, 2.05) is 6.07 Å². The molecule has 0 aliphatic rings. The van der Waals surface area contributed by atoms with Crippen LogP contribution in [0.5, 0.6) is 0 Å². The van der Waals surface area contributed by atoms with E-state index < -0.39 is 11.2 Å². The fraction of sp³-hybridized carbons (Fsp3) is 0.250. The molecule has 25 heavy (non-hydrogen) atoms. The van der Waals surface area contributed by atoms with E-state index in [2.05, 4.69) is 9.97 Å². The Morgan fingerprint density at radius 2 is 1.84 bits per heavy atom. The van der Waals surface area contributed by atoms with E-state index in [1.165, 1.54) is 23.4 Å². The first kappa shape index (κ1) is 18.0. The minimum atomic E-state index is -0.424. The summed E-state index contributed by atoms with van der Waals surface area (Å²) in [5.41, 5.74) is 0.363. The molecule has 0 atom stereocenters. The fourth-order valence-corrected chi connectivity index (χ4v) is 4.04. The van der Waals surface area contributed by atoms with E-state index in [4.69, 9.17) is 23.2 Å². The van der Waals surface area contributed by atoms with E-state index in [9.17, 15) is 9.59 Å². The van der Waals surface area contributed by atoms with Gasteiger partial charge in [-0.05, 0) is 24.6 Å². The first-order chi connectivity index (χ1) is 11.8. The van der Waals surface area contributed by atoms with E-state index in [-0.39, 0.29) is 0 Å². The average molecular weight is 397 g/mol. The molecule has 0 saturated carbocycles. The fourth-order valence-electron chi connectivity index (χ4n) is 2.42. The van der Waals surface area contributed by atoms with Crippen LogP contribution in [0, 0.1) is 6.92 Å². The summed E-state index contributed by atoms with van der Waals surface area (Å²) in [4.78, 5) is 33.3. The van der Waals surface area contributed by atoms with Gasteiger partial charge in [0.05, 0.1) is 0 Å². The lowest BCUT2D eigenvalue weighted by molar-refractivity contribution is 0.701. The van der Waals surface area contributed by atoms with Crippen molar-refractivity contribution in [1.82, 2.24) is 19.1 Å². The van der Waals surface area contributed by atoms with Crippen LogP contribution < -0.4 is 11.2 Å². The Morgan fingerprint density at radius 3 is 2.52 bits per heavy atom. The zero-order chi connectivity index (χ0) is 18.3. The third kappa shape index (κ3) is 3.31. The Labute approximate surface area is 157 Å². The zero-order valence-corrected chi connectivity index (χ0v) is 16.0. The molecule has 0 spiro atoms. The summed E-state index contributed by atoms with van der Waals surface area (Å²) in [5, 5.41) is 1.95. The van der Waals surface area contributed by atoms with E-state index in [0.29, 0.717) is 37.7 Å². The molecule has 130 valence electrons. The maximum Gasteiger partial charge on any atom is 0.332 e. The lowest BCUT2D eigenvalue weighted by atomic mass is 10.2. The normalized spacial score (nSPS) is 11.2. The molecule has 0 aliphatic carbocycles. The van der Waals surface area contributed by atoms with Gasteiger partial charge in [-0.15, -0.1) is 11.8 Å². The van der Waals surface area contributed by atoms with Gasteiger partial charge in [-0.3, -0.25) is 13.9 Å². The number of nitrogens with zero attached hydrogens (tertiary/aromatic N) is 4. The van der Waals surface area contributed by atoms with Crippen molar-refractivity contribution >= 4 is 46.0 Å². The van der Waals surface area contributed by atoms with Gasteiger partial charge in [-0.25, -0.2) is 14.8 Å².